The van der Waals surface area contributed by atoms with Crippen molar-refractivity contribution in [3.63, 3.8) is 0 Å². The largest absolute Gasteiger partial charge is 0.435 e. The van der Waals surface area contributed by atoms with E-state index in [9.17, 15) is 43.9 Å². The number of fused-ring (bicyclic) bond motifs is 3. The lowest BCUT2D eigenvalue weighted by atomic mass is 9.73. The van der Waals surface area contributed by atoms with E-state index in [4.69, 9.17) is 0 Å². The van der Waals surface area contributed by atoms with Gasteiger partial charge in [0.15, 0.2) is 9.84 Å². The van der Waals surface area contributed by atoms with Gasteiger partial charge in [0.2, 0.25) is 5.91 Å². The molecule has 0 spiro atoms. The summed E-state index contributed by atoms with van der Waals surface area (Å²) in [7, 11) is -4.49. The number of nitrogens with zero attached hydrogens (tertiary/aromatic N) is 2. The van der Waals surface area contributed by atoms with Crippen molar-refractivity contribution in [3.8, 4) is 0 Å². The van der Waals surface area contributed by atoms with Crippen LogP contribution < -0.4 is 0 Å². The standard InChI is InChI=1S/C31H26F8N2O3S/c32-21-3-5-22(6-4-21)45(43,44)28-13-9-26(41-16-12-23(27(41)42)18-10-14-40-15-11-18)25(28)7-1-19-17-20(2-8-24(19)28)29(33,30(34,35)36)31(37,38)39/h2-6,8,10-11,14-15,17,23,25-26H,1,7,9,12-13,16H2/t23?,25?,26-,28-/m1/s1. The number of rotatable bonds is 5. The number of carbonyl (C=O) groups excluding carboxylic acids is 1. The molecule has 2 unspecified atom stereocenters. The predicted octanol–water partition coefficient (Wildman–Crippen LogP) is 6.92. The topological polar surface area (TPSA) is 67.3 Å². The first-order chi connectivity index (χ1) is 21.0. The third-order valence-corrected chi connectivity index (χ3v) is 12.3. The van der Waals surface area contributed by atoms with Crippen LogP contribution in [0.1, 0.15) is 53.9 Å². The van der Waals surface area contributed by atoms with Crippen LogP contribution in [0.3, 0.4) is 0 Å². The summed E-state index contributed by atoms with van der Waals surface area (Å²) in [6.45, 7) is 0.312. The number of halogens is 8. The number of benzene rings is 2. The minimum atomic E-state index is -6.34. The van der Waals surface area contributed by atoms with Gasteiger partial charge >= 0.3 is 18.0 Å². The lowest BCUT2D eigenvalue weighted by Gasteiger charge is -2.44. The molecule has 1 aliphatic heterocycles. The van der Waals surface area contributed by atoms with Crippen molar-refractivity contribution in [2.75, 3.05) is 6.54 Å². The van der Waals surface area contributed by atoms with E-state index in [0.717, 1.165) is 35.9 Å². The number of sulfone groups is 1. The van der Waals surface area contributed by atoms with Gasteiger partial charge in [-0.05, 0) is 85.2 Å². The zero-order chi connectivity index (χ0) is 32.6. The van der Waals surface area contributed by atoms with Gasteiger partial charge in [-0.2, -0.15) is 26.3 Å². The van der Waals surface area contributed by atoms with E-state index in [1.54, 1.807) is 29.4 Å². The highest BCUT2D eigenvalue weighted by molar-refractivity contribution is 7.92. The van der Waals surface area contributed by atoms with Gasteiger partial charge in [0.05, 0.1) is 10.8 Å². The Hall–Kier alpha value is -3.55. The monoisotopic (exact) mass is 658 g/mol. The first kappa shape index (κ1) is 31.4. The van der Waals surface area contributed by atoms with Crippen molar-refractivity contribution in [3.05, 3.63) is 95.1 Å². The number of alkyl halides is 7. The molecule has 2 heterocycles. The maximum absolute atomic E-state index is 15.0. The Morgan fingerprint density at radius 3 is 2.11 bits per heavy atom. The number of aryl methyl sites for hydroxylation is 1. The molecule has 4 atom stereocenters. The van der Waals surface area contributed by atoms with Crippen molar-refractivity contribution in [1.82, 2.24) is 9.88 Å². The van der Waals surface area contributed by atoms with Gasteiger partial charge in [0.25, 0.3) is 0 Å². The summed E-state index contributed by atoms with van der Waals surface area (Å²) in [5.41, 5.74) is -6.84. The van der Waals surface area contributed by atoms with Crippen LogP contribution in [0.4, 0.5) is 35.1 Å². The van der Waals surface area contributed by atoms with Crippen LogP contribution in [0.5, 0.6) is 0 Å². The van der Waals surface area contributed by atoms with E-state index < -0.39 is 61.9 Å². The molecule has 6 rings (SSSR count). The average molecular weight is 659 g/mol. The lowest BCUT2D eigenvalue weighted by Crippen LogP contribution is -2.51. The van der Waals surface area contributed by atoms with Crippen LogP contribution in [-0.4, -0.2) is 49.1 Å². The summed E-state index contributed by atoms with van der Waals surface area (Å²) >= 11 is 0. The number of carbonyl (C=O) groups is 1. The molecule has 240 valence electrons. The van der Waals surface area contributed by atoms with Crippen LogP contribution >= 0.6 is 0 Å². The van der Waals surface area contributed by atoms with Crippen molar-refractivity contribution in [2.24, 2.45) is 5.92 Å². The van der Waals surface area contributed by atoms with E-state index >= 15 is 4.39 Å². The molecule has 14 heteroatoms. The fourth-order valence-corrected chi connectivity index (χ4v) is 10.1. The number of aromatic nitrogens is 1. The summed E-state index contributed by atoms with van der Waals surface area (Å²) in [5, 5.41) is 0. The SMILES string of the molecule is O=C1C(c2ccncc2)CCN1[C@@H]1CC[C@@]2(S(=O)(=O)c3ccc(F)cc3)c3ccc(C(F)(C(F)(F)F)C(F)(F)F)cc3CCC12. The molecular formula is C31H26F8N2O3S. The number of pyridine rings is 1. The highest BCUT2D eigenvalue weighted by Crippen LogP contribution is 2.60. The smallest absolute Gasteiger partial charge is 0.339 e. The fraction of sp³-hybridized carbons (Fsp3) is 0.419. The minimum Gasteiger partial charge on any atom is -0.339 e. The molecule has 1 amide bonds. The number of hydrogen-bond donors (Lipinski definition) is 0. The number of hydrogen-bond acceptors (Lipinski definition) is 4. The Bertz CT molecular complexity index is 1710. The maximum atomic E-state index is 15.0. The van der Waals surface area contributed by atoms with Gasteiger partial charge in [-0.1, -0.05) is 18.2 Å². The molecule has 0 radical (unpaired) electrons. The maximum Gasteiger partial charge on any atom is 0.435 e. The summed E-state index contributed by atoms with van der Waals surface area (Å²) in [5.74, 6) is -2.23. The molecule has 5 nitrogen and oxygen atoms in total. The lowest BCUT2D eigenvalue weighted by molar-refractivity contribution is -0.348. The van der Waals surface area contributed by atoms with E-state index in [2.05, 4.69) is 4.98 Å². The van der Waals surface area contributed by atoms with E-state index in [1.165, 1.54) is 0 Å². The second kappa shape index (κ2) is 10.5. The molecule has 1 saturated heterocycles. The zero-order valence-electron chi connectivity index (χ0n) is 23.4. The highest BCUT2D eigenvalue weighted by atomic mass is 32.2. The Labute approximate surface area is 253 Å². The van der Waals surface area contributed by atoms with Crippen LogP contribution in [0, 0.1) is 11.7 Å². The quantitative estimate of drug-likeness (QED) is 0.221. The Balaban J connectivity index is 1.48. The molecule has 0 bridgehead atoms. The molecule has 2 fully saturated rings. The molecule has 1 saturated carbocycles. The van der Waals surface area contributed by atoms with E-state index in [1.807, 2.05) is 0 Å². The molecular weight excluding hydrogens is 632 g/mol. The first-order valence-corrected chi connectivity index (χ1v) is 15.7. The first-order valence-electron chi connectivity index (χ1n) is 14.2. The normalized spacial score (nSPS) is 25.7. The van der Waals surface area contributed by atoms with Crippen molar-refractivity contribution in [1.29, 1.82) is 0 Å². The van der Waals surface area contributed by atoms with Crippen LogP contribution in [0.2, 0.25) is 0 Å². The Kier molecular flexibility index (Phi) is 7.33. The van der Waals surface area contributed by atoms with Gasteiger partial charge in [-0.15, -0.1) is 0 Å². The third kappa shape index (κ3) is 4.57. The van der Waals surface area contributed by atoms with E-state index in [0.29, 0.717) is 25.1 Å². The van der Waals surface area contributed by atoms with Crippen LogP contribution in [-0.2, 0) is 31.5 Å². The predicted molar refractivity (Wildman–Crippen MR) is 145 cm³/mol. The minimum absolute atomic E-state index is 0.0113. The number of amides is 1. The molecule has 2 aliphatic carbocycles. The van der Waals surface area contributed by atoms with Gasteiger partial charge in [0.1, 0.15) is 10.6 Å². The number of likely N-dealkylation sites (tertiary alicyclic amines) is 1. The summed E-state index contributed by atoms with van der Waals surface area (Å²) in [4.78, 5) is 19.0. The van der Waals surface area contributed by atoms with Gasteiger partial charge < -0.3 is 4.90 Å². The average Bonchev–Trinajstić information content (AvgIpc) is 3.57. The zero-order valence-corrected chi connectivity index (χ0v) is 24.2. The van der Waals surface area contributed by atoms with Gasteiger partial charge in [-0.3, -0.25) is 9.78 Å². The van der Waals surface area contributed by atoms with Crippen LogP contribution in [0.25, 0.3) is 0 Å². The van der Waals surface area contributed by atoms with Gasteiger partial charge in [0, 0.05) is 36.5 Å². The molecule has 45 heavy (non-hydrogen) atoms. The third-order valence-electron chi connectivity index (χ3n) is 9.69. The second-order valence-electron chi connectivity index (χ2n) is 11.8. The fourth-order valence-electron chi connectivity index (χ4n) is 7.66. The van der Waals surface area contributed by atoms with Crippen molar-refractivity contribution >= 4 is 15.7 Å². The molecule has 1 aromatic heterocycles. The van der Waals surface area contributed by atoms with E-state index in [-0.39, 0.29) is 47.6 Å². The molecule has 0 N–H and O–H groups in total. The molecule has 3 aromatic rings. The molecule has 2 aromatic carbocycles. The van der Waals surface area contributed by atoms with Crippen molar-refractivity contribution < 1.29 is 48.3 Å². The molecule has 3 aliphatic rings. The van der Waals surface area contributed by atoms with Crippen molar-refractivity contribution in [2.45, 2.75) is 71.7 Å². The summed E-state index contributed by atoms with van der Waals surface area (Å²) in [6.07, 6.45) is -9.21. The Morgan fingerprint density at radius 1 is 0.844 bits per heavy atom. The summed E-state index contributed by atoms with van der Waals surface area (Å²) in [6, 6.07) is 8.43. The highest BCUT2D eigenvalue weighted by Gasteiger charge is 2.74. The van der Waals surface area contributed by atoms with Crippen LogP contribution in [0.15, 0.2) is 71.9 Å². The Morgan fingerprint density at radius 2 is 1.49 bits per heavy atom. The second-order valence-corrected chi connectivity index (χ2v) is 14.0. The van der Waals surface area contributed by atoms with Gasteiger partial charge in [-0.25, -0.2) is 17.2 Å². The summed E-state index contributed by atoms with van der Waals surface area (Å²) < 4.78 is 138.